The number of nitrogens with one attached hydrogen (secondary N) is 1. The first-order valence-electron chi connectivity index (χ1n) is 10.1. The third-order valence-electron chi connectivity index (χ3n) is 4.92. The summed E-state index contributed by atoms with van der Waals surface area (Å²) in [4.78, 5) is 21.9. The number of aryl methyl sites for hydroxylation is 1. The molecule has 9 heteroatoms. The van der Waals surface area contributed by atoms with Gasteiger partial charge in [-0.05, 0) is 37.3 Å². The van der Waals surface area contributed by atoms with E-state index in [4.69, 9.17) is 16.0 Å². The van der Waals surface area contributed by atoms with Crippen LogP contribution in [0.15, 0.2) is 82.6 Å². The molecule has 3 aromatic heterocycles. The summed E-state index contributed by atoms with van der Waals surface area (Å²) >= 11 is 7.59. The Labute approximate surface area is 198 Å². The molecule has 5 aromatic rings. The number of fused-ring (bicyclic) bond motifs is 1. The van der Waals surface area contributed by atoms with Crippen LogP contribution in [-0.4, -0.2) is 25.7 Å². The fraction of sp³-hybridized carbons (Fsp3) is 0.0833. The number of nitrogens with zero attached hydrogens (tertiary/aromatic N) is 4. The summed E-state index contributed by atoms with van der Waals surface area (Å²) in [6.45, 7) is 1.86. The zero-order valence-corrected chi connectivity index (χ0v) is 19.1. The van der Waals surface area contributed by atoms with Crippen LogP contribution < -0.4 is 5.32 Å². The van der Waals surface area contributed by atoms with Gasteiger partial charge in [0.05, 0.1) is 11.4 Å². The third-order valence-corrected chi connectivity index (χ3v) is 6.06. The Morgan fingerprint density at radius 3 is 2.73 bits per heavy atom. The number of hydrogen-bond donors (Lipinski definition) is 1. The molecule has 0 spiro atoms. The molecule has 0 aliphatic carbocycles. The van der Waals surface area contributed by atoms with Gasteiger partial charge in [-0.2, -0.15) is 5.10 Å². The number of amides is 1. The summed E-state index contributed by atoms with van der Waals surface area (Å²) in [7, 11) is 0. The minimum Gasteiger partial charge on any atom is -0.451 e. The van der Waals surface area contributed by atoms with Crippen LogP contribution in [-0.2, 0) is 5.75 Å². The van der Waals surface area contributed by atoms with Gasteiger partial charge in [-0.15, -0.1) is 0 Å². The van der Waals surface area contributed by atoms with Gasteiger partial charge < -0.3 is 9.73 Å². The average Bonchev–Trinajstić information content (AvgIpc) is 3.38. The van der Waals surface area contributed by atoms with E-state index in [0.717, 1.165) is 22.3 Å². The molecule has 0 unspecified atom stereocenters. The molecule has 5 rings (SSSR count). The van der Waals surface area contributed by atoms with Crippen molar-refractivity contribution in [2.45, 2.75) is 17.8 Å². The molecule has 7 nitrogen and oxygen atoms in total. The minimum absolute atomic E-state index is 0.246. The number of thioether (sulfide) groups is 1. The van der Waals surface area contributed by atoms with E-state index in [1.165, 1.54) is 11.8 Å². The van der Waals surface area contributed by atoms with E-state index >= 15 is 0 Å². The van der Waals surface area contributed by atoms with E-state index in [0.29, 0.717) is 27.3 Å². The van der Waals surface area contributed by atoms with Gasteiger partial charge in [0.2, 0.25) is 0 Å². The number of halogens is 1. The molecule has 0 saturated carbocycles. The highest BCUT2D eigenvalue weighted by atomic mass is 35.5. The summed E-state index contributed by atoms with van der Waals surface area (Å²) in [5.74, 6) is 0.886. The van der Waals surface area contributed by atoms with Crippen LogP contribution in [0.1, 0.15) is 21.8 Å². The van der Waals surface area contributed by atoms with Crippen LogP contribution in [0.4, 0.5) is 5.82 Å². The standard InChI is InChI=1S/C24H18ClN5O2S/c1-15-12-21(30(29-15)17-7-4-6-16(25)13-17)28-23(31)22-19(14-33-24-26-10-5-11-27-24)18-8-2-3-9-20(18)32-22/h2-13H,14H2,1H3,(H,28,31). The first-order chi connectivity index (χ1) is 16.1. The number of aromatic nitrogens is 4. The normalized spacial score (nSPS) is 11.1. The van der Waals surface area contributed by atoms with Crippen LogP contribution in [0.2, 0.25) is 5.02 Å². The number of benzene rings is 2. The molecule has 0 fully saturated rings. The monoisotopic (exact) mass is 475 g/mol. The van der Waals surface area contributed by atoms with Gasteiger partial charge in [0.1, 0.15) is 11.4 Å². The number of carbonyl (C=O) groups is 1. The smallest absolute Gasteiger partial charge is 0.292 e. The molecule has 164 valence electrons. The molecule has 1 amide bonds. The second-order valence-electron chi connectivity index (χ2n) is 7.24. The summed E-state index contributed by atoms with van der Waals surface area (Å²) in [6, 6.07) is 18.4. The largest absolute Gasteiger partial charge is 0.451 e. The molecular weight excluding hydrogens is 458 g/mol. The van der Waals surface area contributed by atoms with Crippen molar-refractivity contribution in [1.82, 2.24) is 19.7 Å². The maximum absolute atomic E-state index is 13.4. The Hall–Kier alpha value is -3.62. The zero-order chi connectivity index (χ0) is 22.8. The van der Waals surface area contributed by atoms with E-state index in [9.17, 15) is 4.79 Å². The summed E-state index contributed by atoms with van der Waals surface area (Å²) in [5, 5.41) is 9.54. The molecule has 0 aliphatic rings. The topological polar surface area (TPSA) is 85.8 Å². The third kappa shape index (κ3) is 4.48. The molecule has 0 atom stereocenters. The van der Waals surface area contributed by atoms with Crippen molar-refractivity contribution in [1.29, 1.82) is 0 Å². The Bertz CT molecular complexity index is 1450. The molecule has 1 N–H and O–H groups in total. The van der Waals surface area contributed by atoms with Gasteiger partial charge in [-0.25, -0.2) is 14.6 Å². The first-order valence-corrected chi connectivity index (χ1v) is 11.5. The molecule has 0 radical (unpaired) electrons. The Morgan fingerprint density at radius 2 is 1.91 bits per heavy atom. The maximum atomic E-state index is 13.4. The van der Waals surface area contributed by atoms with E-state index in [1.54, 1.807) is 41.3 Å². The number of hydrogen-bond acceptors (Lipinski definition) is 6. The number of carbonyl (C=O) groups excluding carboxylic acids is 1. The van der Waals surface area contributed by atoms with Crippen molar-refractivity contribution < 1.29 is 9.21 Å². The number of furan rings is 1. The van der Waals surface area contributed by atoms with E-state index in [-0.39, 0.29) is 11.7 Å². The van der Waals surface area contributed by atoms with Crippen LogP contribution in [0.3, 0.4) is 0 Å². The lowest BCUT2D eigenvalue weighted by Gasteiger charge is -2.09. The summed E-state index contributed by atoms with van der Waals surface area (Å²) in [5.41, 5.74) is 2.93. The lowest BCUT2D eigenvalue weighted by atomic mass is 10.1. The zero-order valence-electron chi connectivity index (χ0n) is 17.5. The molecule has 0 aliphatic heterocycles. The fourth-order valence-electron chi connectivity index (χ4n) is 3.49. The molecule has 0 bridgehead atoms. The van der Waals surface area contributed by atoms with Crippen molar-refractivity contribution in [2.24, 2.45) is 0 Å². The van der Waals surface area contributed by atoms with Crippen molar-refractivity contribution in [3.05, 3.63) is 95.1 Å². The van der Waals surface area contributed by atoms with Crippen molar-refractivity contribution in [3.63, 3.8) is 0 Å². The van der Waals surface area contributed by atoms with Gasteiger partial charge in [-0.1, -0.05) is 47.6 Å². The van der Waals surface area contributed by atoms with Crippen LogP contribution in [0, 0.1) is 6.92 Å². The highest BCUT2D eigenvalue weighted by Gasteiger charge is 2.22. The molecule has 33 heavy (non-hydrogen) atoms. The van der Waals surface area contributed by atoms with Gasteiger partial charge in [0.25, 0.3) is 5.91 Å². The van der Waals surface area contributed by atoms with Gasteiger partial charge in [0, 0.05) is 40.2 Å². The molecular formula is C24H18ClN5O2S. The van der Waals surface area contributed by atoms with E-state index in [2.05, 4.69) is 20.4 Å². The fourth-order valence-corrected chi connectivity index (χ4v) is 4.50. The number of anilines is 1. The van der Waals surface area contributed by atoms with Crippen molar-refractivity contribution in [3.8, 4) is 5.69 Å². The Kier molecular flexibility index (Phi) is 5.85. The number of para-hydroxylation sites is 1. The van der Waals surface area contributed by atoms with Crippen LogP contribution in [0.5, 0.6) is 0 Å². The molecule has 0 saturated heterocycles. The second kappa shape index (κ2) is 9.09. The lowest BCUT2D eigenvalue weighted by molar-refractivity contribution is 0.0997. The van der Waals surface area contributed by atoms with Crippen LogP contribution in [0.25, 0.3) is 16.7 Å². The predicted octanol–water partition coefficient (Wildman–Crippen LogP) is 5.91. The SMILES string of the molecule is Cc1cc(NC(=O)c2oc3ccccc3c2CSc2ncccn2)n(-c2cccc(Cl)c2)n1. The van der Waals surface area contributed by atoms with Crippen molar-refractivity contribution in [2.75, 3.05) is 5.32 Å². The van der Waals surface area contributed by atoms with Crippen LogP contribution >= 0.6 is 23.4 Å². The first kappa shape index (κ1) is 21.2. The number of rotatable bonds is 6. The Morgan fingerprint density at radius 1 is 1.09 bits per heavy atom. The van der Waals surface area contributed by atoms with E-state index < -0.39 is 0 Å². The maximum Gasteiger partial charge on any atom is 0.292 e. The van der Waals surface area contributed by atoms with Gasteiger partial charge >= 0.3 is 0 Å². The van der Waals surface area contributed by atoms with Crippen molar-refractivity contribution >= 4 is 46.1 Å². The quantitative estimate of drug-likeness (QED) is 0.242. The summed E-state index contributed by atoms with van der Waals surface area (Å²) in [6.07, 6.45) is 3.38. The predicted molar refractivity (Wildman–Crippen MR) is 129 cm³/mol. The molecule has 2 aromatic carbocycles. The highest BCUT2D eigenvalue weighted by Crippen LogP contribution is 2.32. The van der Waals surface area contributed by atoms with E-state index in [1.807, 2.05) is 43.3 Å². The summed E-state index contributed by atoms with van der Waals surface area (Å²) < 4.78 is 7.62. The highest BCUT2D eigenvalue weighted by molar-refractivity contribution is 7.98. The second-order valence-corrected chi connectivity index (χ2v) is 8.62. The molecule has 3 heterocycles. The average molecular weight is 476 g/mol. The van der Waals surface area contributed by atoms with Gasteiger partial charge in [-0.3, -0.25) is 4.79 Å². The van der Waals surface area contributed by atoms with Gasteiger partial charge in [0.15, 0.2) is 10.9 Å². The lowest BCUT2D eigenvalue weighted by Crippen LogP contribution is -2.16. The minimum atomic E-state index is -0.362. The Balaban J connectivity index is 1.48.